The van der Waals surface area contributed by atoms with Gasteiger partial charge in [0.25, 0.3) is 0 Å². The number of carboxylic acid groups (broad SMARTS) is 1. The molecule has 1 rings (SSSR count). The Bertz CT molecular complexity index is 208. The zero-order valence-electron chi connectivity index (χ0n) is 7.65. The van der Waals surface area contributed by atoms with Gasteiger partial charge >= 0.3 is 11.9 Å². The van der Waals surface area contributed by atoms with Crippen LogP contribution in [0.15, 0.2) is 0 Å². The first-order chi connectivity index (χ1) is 5.90. The third-order valence-electron chi connectivity index (χ3n) is 2.98. The van der Waals surface area contributed by atoms with Crippen LogP contribution in [0.25, 0.3) is 0 Å². The Balaban J connectivity index is 2.82. The Hall–Kier alpha value is -0.670. The summed E-state index contributed by atoms with van der Waals surface area (Å²) in [5.41, 5.74) is -1.34. The molecule has 0 heterocycles. The number of aliphatic carboxylic acids is 1. The van der Waals surface area contributed by atoms with Gasteiger partial charge in [-0.05, 0) is 12.8 Å². The summed E-state index contributed by atoms with van der Waals surface area (Å²) in [6.45, 7) is 1.38. The molecule has 0 aromatic rings. The van der Waals surface area contributed by atoms with Gasteiger partial charge in [-0.3, -0.25) is 0 Å². The first-order valence-electron chi connectivity index (χ1n) is 4.51. The molecule has 0 saturated heterocycles. The van der Waals surface area contributed by atoms with Crippen LogP contribution in [0, 0.1) is 5.41 Å². The van der Waals surface area contributed by atoms with E-state index < -0.39 is 17.3 Å². The van der Waals surface area contributed by atoms with Crippen LogP contribution in [-0.2, 0) is 4.79 Å². The first kappa shape index (κ1) is 10.4. The van der Waals surface area contributed by atoms with Crippen LogP contribution in [0.2, 0.25) is 0 Å². The van der Waals surface area contributed by atoms with Crippen molar-refractivity contribution in [3.8, 4) is 0 Å². The SMILES string of the molecule is CC1(C(F)(F)C(=O)O)CCCCC1. The Labute approximate surface area is 75.9 Å². The van der Waals surface area contributed by atoms with Crippen LogP contribution in [0.5, 0.6) is 0 Å². The molecule has 0 aromatic carbocycles. The van der Waals surface area contributed by atoms with E-state index in [0.29, 0.717) is 25.7 Å². The number of rotatable bonds is 2. The number of halogens is 2. The molecule has 0 unspecified atom stereocenters. The minimum Gasteiger partial charge on any atom is -0.477 e. The van der Waals surface area contributed by atoms with E-state index in [9.17, 15) is 13.6 Å². The highest BCUT2D eigenvalue weighted by Gasteiger charge is 2.56. The van der Waals surface area contributed by atoms with Crippen molar-refractivity contribution >= 4 is 5.97 Å². The van der Waals surface area contributed by atoms with E-state index in [1.807, 2.05) is 0 Å². The molecule has 4 heteroatoms. The van der Waals surface area contributed by atoms with Gasteiger partial charge in [0.15, 0.2) is 0 Å². The van der Waals surface area contributed by atoms with E-state index in [4.69, 9.17) is 5.11 Å². The molecule has 0 radical (unpaired) electrons. The zero-order chi connectivity index (χ0) is 10.1. The third kappa shape index (κ3) is 1.67. The maximum atomic E-state index is 13.2. The van der Waals surface area contributed by atoms with E-state index in [1.165, 1.54) is 6.92 Å². The van der Waals surface area contributed by atoms with E-state index in [1.54, 1.807) is 0 Å². The summed E-state index contributed by atoms with van der Waals surface area (Å²) < 4.78 is 26.4. The normalized spacial score (nSPS) is 22.7. The number of hydrogen-bond donors (Lipinski definition) is 1. The molecule has 0 amide bonds. The molecule has 1 saturated carbocycles. The quantitative estimate of drug-likeness (QED) is 0.730. The van der Waals surface area contributed by atoms with Crippen molar-refractivity contribution < 1.29 is 18.7 Å². The van der Waals surface area contributed by atoms with Gasteiger partial charge in [-0.25, -0.2) is 4.79 Å². The molecule has 0 bridgehead atoms. The van der Waals surface area contributed by atoms with Gasteiger partial charge < -0.3 is 5.11 Å². The molecular formula is C9H14F2O2. The summed E-state index contributed by atoms with van der Waals surface area (Å²) in [6.07, 6.45) is 2.97. The number of alkyl halides is 2. The smallest absolute Gasteiger partial charge is 0.375 e. The van der Waals surface area contributed by atoms with Crippen molar-refractivity contribution in [2.45, 2.75) is 45.0 Å². The predicted molar refractivity (Wildman–Crippen MR) is 43.8 cm³/mol. The van der Waals surface area contributed by atoms with Crippen LogP contribution in [0.3, 0.4) is 0 Å². The minimum absolute atomic E-state index is 0.312. The molecule has 0 aromatic heterocycles. The highest BCUT2D eigenvalue weighted by Crippen LogP contribution is 2.47. The van der Waals surface area contributed by atoms with E-state index in [2.05, 4.69) is 0 Å². The van der Waals surface area contributed by atoms with Gasteiger partial charge in [0.2, 0.25) is 0 Å². The Morgan fingerprint density at radius 2 is 1.77 bits per heavy atom. The fourth-order valence-corrected chi connectivity index (χ4v) is 1.90. The summed E-state index contributed by atoms with van der Waals surface area (Å²) in [5, 5.41) is 8.41. The largest absolute Gasteiger partial charge is 0.477 e. The maximum absolute atomic E-state index is 13.2. The van der Waals surface area contributed by atoms with Crippen LogP contribution < -0.4 is 0 Å². The Morgan fingerprint density at radius 1 is 1.31 bits per heavy atom. The molecular weight excluding hydrogens is 178 g/mol. The Morgan fingerprint density at radius 3 is 2.15 bits per heavy atom. The topological polar surface area (TPSA) is 37.3 Å². The van der Waals surface area contributed by atoms with Crippen molar-refractivity contribution in [1.29, 1.82) is 0 Å². The first-order valence-corrected chi connectivity index (χ1v) is 4.51. The van der Waals surface area contributed by atoms with Crippen molar-refractivity contribution in [3.05, 3.63) is 0 Å². The molecule has 0 atom stereocenters. The van der Waals surface area contributed by atoms with Gasteiger partial charge in [-0.2, -0.15) is 8.78 Å². The highest BCUT2D eigenvalue weighted by atomic mass is 19.3. The van der Waals surface area contributed by atoms with Gasteiger partial charge in [0.1, 0.15) is 0 Å². The lowest BCUT2D eigenvalue weighted by Crippen LogP contribution is -2.46. The third-order valence-corrected chi connectivity index (χ3v) is 2.98. The molecule has 0 aliphatic heterocycles. The second kappa shape index (κ2) is 3.24. The van der Waals surface area contributed by atoms with Gasteiger partial charge in [0, 0.05) is 5.41 Å². The lowest BCUT2D eigenvalue weighted by molar-refractivity contribution is -0.190. The fraction of sp³-hybridized carbons (Fsp3) is 0.889. The zero-order valence-corrected chi connectivity index (χ0v) is 7.65. The molecule has 76 valence electrons. The molecule has 1 aliphatic rings. The van der Waals surface area contributed by atoms with Crippen molar-refractivity contribution in [2.75, 3.05) is 0 Å². The van der Waals surface area contributed by atoms with E-state index in [0.717, 1.165) is 6.42 Å². The molecule has 1 N–H and O–H groups in total. The maximum Gasteiger partial charge on any atom is 0.375 e. The van der Waals surface area contributed by atoms with Gasteiger partial charge in [0.05, 0.1) is 0 Å². The van der Waals surface area contributed by atoms with Crippen LogP contribution in [0.1, 0.15) is 39.0 Å². The number of hydrogen-bond acceptors (Lipinski definition) is 1. The fourth-order valence-electron chi connectivity index (χ4n) is 1.90. The molecule has 2 nitrogen and oxygen atoms in total. The lowest BCUT2D eigenvalue weighted by Gasteiger charge is -2.37. The van der Waals surface area contributed by atoms with Crippen molar-refractivity contribution in [1.82, 2.24) is 0 Å². The standard InChI is InChI=1S/C9H14F2O2/c1-8(5-3-2-4-6-8)9(10,11)7(12)13/h2-6H2,1H3,(H,12,13). The second-order valence-corrected chi connectivity index (χ2v) is 4.00. The minimum atomic E-state index is -3.58. The molecule has 1 aliphatic carbocycles. The van der Waals surface area contributed by atoms with Gasteiger partial charge in [-0.15, -0.1) is 0 Å². The predicted octanol–water partition coefficient (Wildman–Crippen LogP) is 2.68. The van der Waals surface area contributed by atoms with E-state index in [-0.39, 0.29) is 0 Å². The lowest BCUT2D eigenvalue weighted by atomic mass is 9.71. The molecule has 0 spiro atoms. The number of carboxylic acids is 1. The Kier molecular flexibility index (Phi) is 2.59. The van der Waals surface area contributed by atoms with E-state index >= 15 is 0 Å². The molecule has 13 heavy (non-hydrogen) atoms. The molecule has 1 fully saturated rings. The van der Waals surface area contributed by atoms with Crippen LogP contribution >= 0.6 is 0 Å². The highest BCUT2D eigenvalue weighted by molar-refractivity contribution is 5.76. The van der Waals surface area contributed by atoms with Crippen molar-refractivity contribution in [3.63, 3.8) is 0 Å². The average molecular weight is 192 g/mol. The van der Waals surface area contributed by atoms with Crippen molar-refractivity contribution in [2.24, 2.45) is 5.41 Å². The summed E-state index contributed by atoms with van der Waals surface area (Å²) in [7, 11) is 0. The second-order valence-electron chi connectivity index (χ2n) is 4.00. The van der Waals surface area contributed by atoms with Crippen LogP contribution in [-0.4, -0.2) is 17.0 Å². The summed E-state index contributed by atoms with van der Waals surface area (Å²) in [6, 6.07) is 0. The summed E-state index contributed by atoms with van der Waals surface area (Å²) in [5.74, 6) is -5.56. The summed E-state index contributed by atoms with van der Waals surface area (Å²) >= 11 is 0. The summed E-state index contributed by atoms with van der Waals surface area (Å²) in [4.78, 5) is 10.4. The monoisotopic (exact) mass is 192 g/mol. The van der Waals surface area contributed by atoms with Gasteiger partial charge in [-0.1, -0.05) is 26.2 Å². The number of carbonyl (C=O) groups is 1. The van der Waals surface area contributed by atoms with Crippen LogP contribution in [0.4, 0.5) is 8.78 Å². The average Bonchev–Trinajstić information content (AvgIpc) is 2.05.